The summed E-state index contributed by atoms with van der Waals surface area (Å²) in [7, 11) is 0. The second-order valence-corrected chi connectivity index (χ2v) is 12.9. The number of hydrogen-bond acceptors (Lipinski definition) is 2. The van der Waals surface area contributed by atoms with Gasteiger partial charge in [-0.1, -0.05) is 133 Å². The number of hydrogen-bond donors (Lipinski definition) is 0. The topological polar surface area (TPSA) is 8.17 Å². The van der Waals surface area contributed by atoms with Crippen LogP contribution in [0.15, 0.2) is 194 Å². The lowest BCUT2D eigenvalue weighted by molar-refractivity contribution is 1.18. The number of aromatic nitrogens is 1. The highest BCUT2D eigenvalue weighted by Gasteiger charge is 2.22. The second-order valence-electron chi connectivity index (χ2n) is 11.9. The quantitative estimate of drug-likeness (QED) is 0.169. The van der Waals surface area contributed by atoms with Gasteiger partial charge in [-0.2, -0.15) is 0 Å². The molecule has 3 heteroatoms. The van der Waals surface area contributed by atoms with E-state index in [-0.39, 0.29) is 5.69 Å². The molecule has 0 atom stereocenters. The maximum absolute atomic E-state index is 9.60. The van der Waals surface area contributed by atoms with Crippen LogP contribution in [0.1, 0.15) is 19.2 Å². The van der Waals surface area contributed by atoms with Gasteiger partial charge in [-0.25, -0.2) is 0 Å². The Hall–Kier alpha value is -6.42. The molecule has 51 heavy (non-hydrogen) atoms. The van der Waals surface area contributed by atoms with Crippen molar-refractivity contribution < 1.29 is 19.2 Å². The van der Waals surface area contributed by atoms with Gasteiger partial charge in [0.25, 0.3) is 0 Å². The predicted octanol–water partition coefficient (Wildman–Crippen LogP) is 14.0. The molecule has 2 heterocycles. The van der Waals surface area contributed by atoms with Crippen LogP contribution in [0, 0.1) is 0 Å². The molecule has 10 rings (SSSR count). The van der Waals surface area contributed by atoms with Gasteiger partial charge in [0, 0.05) is 53.6 Å². The number of fused-ring (bicyclic) bond motifs is 6. The third-order valence-electron chi connectivity index (χ3n) is 9.03. The molecule has 0 amide bonds. The first-order chi connectivity index (χ1) is 31.1. The standard InChI is InChI=1S/C48H32N2S/c1-3-14-33(15-4-1)34-26-28-37(29-27-34)49(36-17-5-2-6-18-36)45-31-30-42-41-22-9-12-25-46(41)51-48(42)47(45)35-16-13-19-38(32-35)50-43-23-10-7-20-39(43)40-21-8-11-24-44(40)50/h1-32H/i1D,2D,3D,4D,5D,6D,14D,15D,17D,18D,26D,27D,28D,29D. The van der Waals surface area contributed by atoms with Gasteiger partial charge in [-0.15, -0.1) is 11.3 Å². The van der Waals surface area contributed by atoms with E-state index < -0.39 is 107 Å². The van der Waals surface area contributed by atoms with E-state index in [9.17, 15) is 8.22 Å². The van der Waals surface area contributed by atoms with Gasteiger partial charge in [-0.05, 0) is 77.3 Å². The smallest absolute Gasteiger partial charge is 0.0645 e. The minimum Gasteiger partial charge on any atom is -0.310 e. The van der Waals surface area contributed by atoms with Gasteiger partial charge in [0.05, 0.1) is 35.9 Å². The maximum atomic E-state index is 9.60. The van der Waals surface area contributed by atoms with E-state index in [0.717, 1.165) is 47.7 Å². The van der Waals surface area contributed by atoms with Gasteiger partial charge in [0.2, 0.25) is 0 Å². The van der Waals surface area contributed by atoms with Crippen molar-refractivity contribution in [1.82, 2.24) is 4.57 Å². The molecule has 0 spiro atoms. The average Bonchev–Trinajstić information content (AvgIpc) is 3.87. The summed E-state index contributed by atoms with van der Waals surface area (Å²) < 4.78 is 128. The summed E-state index contributed by atoms with van der Waals surface area (Å²) in [5.41, 5.74) is 1.95. The predicted molar refractivity (Wildman–Crippen MR) is 219 cm³/mol. The molecule has 2 nitrogen and oxygen atoms in total. The van der Waals surface area contributed by atoms with Gasteiger partial charge in [0.15, 0.2) is 0 Å². The Morgan fingerprint density at radius 1 is 0.471 bits per heavy atom. The normalized spacial score (nSPS) is 15.4. The van der Waals surface area contributed by atoms with E-state index in [1.54, 1.807) is 6.07 Å². The Kier molecular flexibility index (Phi) is 4.42. The van der Waals surface area contributed by atoms with Crippen LogP contribution in [0.3, 0.4) is 0 Å². The fraction of sp³-hybridized carbons (Fsp3) is 0. The molecule has 0 aliphatic rings. The molecule has 2 aromatic heterocycles. The van der Waals surface area contributed by atoms with Gasteiger partial charge in [0.1, 0.15) is 0 Å². The van der Waals surface area contributed by atoms with Crippen molar-refractivity contribution in [2.24, 2.45) is 0 Å². The molecular formula is C48H32N2S. The fourth-order valence-corrected chi connectivity index (χ4v) is 8.14. The maximum Gasteiger partial charge on any atom is 0.0645 e. The van der Waals surface area contributed by atoms with E-state index in [1.807, 2.05) is 91.0 Å². The zero-order chi connectivity index (χ0) is 45.9. The number of para-hydroxylation sites is 3. The lowest BCUT2D eigenvalue weighted by atomic mass is 9.98. The van der Waals surface area contributed by atoms with Crippen molar-refractivity contribution in [3.05, 3.63) is 194 Å². The van der Waals surface area contributed by atoms with Crippen LogP contribution in [-0.2, 0) is 0 Å². The van der Waals surface area contributed by atoms with Crippen LogP contribution in [0.25, 0.3) is 69.9 Å². The Balaban J connectivity index is 1.34. The molecule has 0 aliphatic carbocycles. The van der Waals surface area contributed by atoms with E-state index >= 15 is 0 Å². The summed E-state index contributed by atoms with van der Waals surface area (Å²) in [5, 5.41) is 3.86. The van der Waals surface area contributed by atoms with Gasteiger partial charge >= 0.3 is 0 Å². The summed E-state index contributed by atoms with van der Waals surface area (Å²) in [5.74, 6) is 0. The SMILES string of the molecule is [2H]c1c([2H])c([2H])c(-c2c([2H])c([2H])c(N(c3ccc4c(sc5ccccc54)c3-c3cccc(-n4c5ccccc5c5ccccc54)c3)c3c([2H])c([2H])c([2H])c([2H])c3[2H])c([2H])c2[2H])c([2H])c1[2H]. The minimum atomic E-state index is -0.769. The molecule has 0 N–H and O–H groups in total. The summed E-state index contributed by atoms with van der Waals surface area (Å²) in [6, 6.07) is 25.1. The average molecular weight is 683 g/mol. The third kappa shape index (κ3) is 4.93. The fourth-order valence-electron chi connectivity index (χ4n) is 6.87. The highest BCUT2D eigenvalue weighted by molar-refractivity contribution is 7.26. The van der Waals surface area contributed by atoms with Crippen LogP contribution >= 0.6 is 11.3 Å². The Labute approximate surface area is 320 Å². The van der Waals surface area contributed by atoms with Crippen molar-refractivity contribution in [2.45, 2.75) is 0 Å². The molecule has 0 unspecified atom stereocenters. The Morgan fingerprint density at radius 3 is 1.80 bits per heavy atom. The molecule has 240 valence electrons. The summed E-state index contributed by atoms with van der Waals surface area (Å²) in [6.07, 6.45) is 0. The first kappa shape index (κ1) is 18.5. The van der Waals surface area contributed by atoms with Crippen LogP contribution in [0.4, 0.5) is 17.1 Å². The lowest BCUT2D eigenvalue weighted by Gasteiger charge is -2.28. The van der Waals surface area contributed by atoms with E-state index in [1.165, 1.54) is 16.2 Å². The van der Waals surface area contributed by atoms with Crippen LogP contribution in [-0.4, -0.2) is 4.57 Å². The zero-order valence-corrected chi connectivity index (χ0v) is 27.5. The molecule has 0 saturated heterocycles. The number of rotatable bonds is 6. The molecule has 0 fully saturated rings. The molecule has 0 radical (unpaired) electrons. The number of nitrogens with zero attached hydrogens (tertiary/aromatic N) is 2. The first-order valence-corrected chi connectivity index (χ1v) is 17.0. The first-order valence-electron chi connectivity index (χ1n) is 23.2. The minimum absolute atomic E-state index is 0.165. The summed E-state index contributed by atoms with van der Waals surface area (Å²) in [6.45, 7) is 0. The largest absolute Gasteiger partial charge is 0.310 e. The summed E-state index contributed by atoms with van der Waals surface area (Å²) >= 11 is 1.46. The van der Waals surface area contributed by atoms with E-state index in [2.05, 4.69) is 16.7 Å². The molecule has 0 bridgehead atoms. The van der Waals surface area contributed by atoms with Crippen LogP contribution in [0.5, 0.6) is 0 Å². The number of benzene rings is 8. The Morgan fingerprint density at radius 2 is 1.08 bits per heavy atom. The van der Waals surface area contributed by atoms with E-state index in [0.29, 0.717) is 11.1 Å². The Bertz CT molecular complexity index is 3550. The van der Waals surface area contributed by atoms with Crippen LogP contribution < -0.4 is 4.90 Å². The molecule has 0 aliphatic heterocycles. The summed E-state index contributed by atoms with van der Waals surface area (Å²) in [4.78, 5) is 1.18. The van der Waals surface area contributed by atoms with Gasteiger partial charge in [-0.3, -0.25) is 0 Å². The van der Waals surface area contributed by atoms with Crippen molar-refractivity contribution in [3.8, 4) is 27.9 Å². The number of thiophene rings is 1. The lowest BCUT2D eigenvalue weighted by Crippen LogP contribution is -2.11. The molecule has 0 saturated carbocycles. The zero-order valence-electron chi connectivity index (χ0n) is 40.7. The number of anilines is 3. The second kappa shape index (κ2) is 12.2. The highest BCUT2D eigenvalue weighted by Crippen LogP contribution is 2.49. The van der Waals surface area contributed by atoms with Crippen LogP contribution in [0.2, 0.25) is 0 Å². The van der Waals surface area contributed by atoms with Crippen molar-refractivity contribution >= 4 is 70.4 Å². The van der Waals surface area contributed by atoms with Crippen molar-refractivity contribution in [1.29, 1.82) is 0 Å². The third-order valence-corrected chi connectivity index (χ3v) is 10.2. The molecule has 10 aromatic rings. The van der Waals surface area contributed by atoms with Crippen molar-refractivity contribution in [3.63, 3.8) is 0 Å². The highest BCUT2D eigenvalue weighted by atomic mass is 32.1. The molecular weight excluding hydrogens is 637 g/mol. The molecule has 8 aromatic carbocycles. The van der Waals surface area contributed by atoms with Crippen molar-refractivity contribution in [2.75, 3.05) is 4.90 Å². The monoisotopic (exact) mass is 682 g/mol. The van der Waals surface area contributed by atoms with E-state index in [4.69, 9.17) is 11.0 Å². The van der Waals surface area contributed by atoms with Gasteiger partial charge < -0.3 is 9.47 Å².